The van der Waals surface area contributed by atoms with Crippen molar-refractivity contribution >= 4 is 44.8 Å². The fraction of sp³-hybridized carbons (Fsp3) is 0.316. The summed E-state index contributed by atoms with van der Waals surface area (Å²) in [7, 11) is -3.73. The van der Waals surface area contributed by atoms with Crippen molar-refractivity contribution in [1.29, 1.82) is 0 Å². The molecule has 0 bridgehead atoms. The molecule has 0 aliphatic carbocycles. The first-order chi connectivity index (χ1) is 13.1. The third-order valence-corrected chi connectivity index (χ3v) is 6.08. The summed E-state index contributed by atoms with van der Waals surface area (Å²) >= 11 is 11.9. The van der Waals surface area contributed by atoms with Crippen LogP contribution in [0.15, 0.2) is 42.5 Å². The van der Waals surface area contributed by atoms with Crippen molar-refractivity contribution in [2.75, 3.05) is 17.1 Å². The van der Waals surface area contributed by atoms with Gasteiger partial charge in [-0.15, -0.1) is 0 Å². The van der Waals surface area contributed by atoms with E-state index in [0.717, 1.165) is 16.1 Å². The van der Waals surface area contributed by atoms with Crippen LogP contribution in [0.25, 0.3) is 0 Å². The predicted molar refractivity (Wildman–Crippen MR) is 111 cm³/mol. The number of benzene rings is 2. The predicted octanol–water partition coefficient (Wildman–Crippen LogP) is 4.04. The van der Waals surface area contributed by atoms with E-state index in [4.69, 9.17) is 23.2 Å². The normalized spacial score (nSPS) is 12.5. The van der Waals surface area contributed by atoms with E-state index < -0.39 is 22.0 Å². The van der Waals surface area contributed by atoms with Gasteiger partial charge in [-0.3, -0.25) is 9.10 Å². The second-order valence-corrected chi connectivity index (χ2v) is 9.03. The van der Waals surface area contributed by atoms with Gasteiger partial charge in [-0.25, -0.2) is 12.8 Å². The molecule has 0 saturated carbocycles. The van der Waals surface area contributed by atoms with Crippen molar-refractivity contribution in [1.82, 2.24) is 5.32 Å². The third-order valence-electron chi connectivity index (χ3n) is 4.10. The number of halogens is 3. The summed E-state index contributed by atoms with van der Waals surface area (Å²) in [5, 5.41) is 3.22. The van der Waals surface area contributed by atoms with Crippen LogP contribution in [0.3, 0.4) is 0 Å². The Bertz CT molecular complexity index is 937. The lowest BCUT2D eigenvalue weighted by atomic mass is 10.1. The van der Waals surface area contributed by atoms with E-state index in [0.29, 0.717) is 19.4 Å². The second-order valence-electron chi connectivity index (χ2n) is 6.35. The number of nitrogens with zero attached hydrogens (tertiary/aromatic N) is 1. The van der Waals surface area contributed by atoms with Crippen LogP contribution in [0.1, 0.15) is 18.9 Å². The molecule has 0 spiro atoms. The Morgan fingerprint density at radius 2 is 1.79 bits per heavy atom. The van der Waals surface area contributed by atoms with Gasteiger partial charge in [0, 0.05) is 6.54 Å². The van der Waals surface area contributed by atoms with E-state index in [2.05, 4.69) is 5.32 Å². The molecule has 2 aromatic rings. The summed E-state index contributed by atoms with van der Waals surface area (Å²) in [6, 6.07) is 9.55. The minimum Gasteiger partial charge on any atom is -0.354 e. The maximum atomic E-state index is 12.9. The summed E-state index contributed by atoms with van der Waals surface area (Å²) in [5.74, 6) is -0.732. The van der Waals surface area contributed by atoms with Crippen LogP contribution >= 0.6 is 23.2 Å². The van der Waals surface area contributed by atoms with Gasteiger partial charge < -0.3 is 5.32 Å². The van der Waals surface area contributed by atoms with Crippen molar-refractivity contribution in [3.05, 3.63) is 63.9 Å². The van der Waals surface area contributed by atoms with Gasteiger partial charge >= 0.3 is 0 Å². The third kappa shape index (κ3) is 6.09. The number of carbonyl (C=O) groups is 1. The van der Waals surface area contributed by atoms with Crippen molar-refractivity contribution in [3.8, 4) is 0 Å². The number of amides is 1. The Hall–Kier alpha value is -1.83. The molecule has 0 aliphatic rings. The Balaban J connectivity index is 2.01. The molecule has 1 amide bonds. The maximum absolute atomic E-state index is 12.9. The van der Waals surface area contributed by atoms with Crippen LogP contribution in [0, 0.1) is 5.82 Å². The first-order valence-electron chi connectivity index (χ1n) is 8.56. The molecule has 0 saturated heterocycles. The molecular formula is C19H21Cl2FN2O3S. The van der Waals surface area contributed by atoms with Gasteiger partial charge in [0.15, 0.2) is 0 Å². The van der Waals surface area contributed by atoms with E-state index in [1.165, 1.54) is 37.3 Å². The van der Waals surface area contributed by atoms with Gasteiger partial charge in [0.25, 0.3) is 0 Å². The van der Waals surface area contributed by atoms with Crippen molar-refractivity contribution in [3.63, 3.8) is 0 Å². The van der Waals surface area contributed by atoms with Gasteiger partial charge in [0.2, 0.25) is 15.9 Å². The van der Waals surface area contributed by atoms with Crippen LogP contribution < -0.4 is 9.62 Å². The van der Waals surface area contributed by atoms with Crippen LogP contribution in [-0.4, -0.2) is 33.2 Å². The first-order valence-corrected chi connectivity index (χ1v) is 11.2. The highest BCUT2D eigenvalue weighted by atomic mass is 35.5. The molecule has 152 valence electrons. The SMILES string of the molecule is CC(C(=O)NCCCc1ccc(F)cc1)N(c1ccc(Cl)c(Cl)c1)S(C)(=O)=O. The van der Waals surface area contributed by atoms with Gasteiger partial charge in [-0.2, -0.15) is 0 Å². The molecule has 1 atom stereocenters. The molecule has 1 unspecified atom stereocenters. The zero-order valence-electron chi connectivity index (χ0n) is 15.5. The fourth-order valence-corrected chi connectivity index (χ4v) is 4.19. The number of nitrogens with one attached hydrogen (secondary N) is 1. The van der Waals surface area contributed by atoms with Crippen LogP contribution in [-0.2, 0) is 21.2 Å². The molecule has 2 rings (SSSR count). The molecular weight excluding hydrogens is 426 g/mol. The van der Waals surface area contributed by atoms with Gasteiger partial charge in [0.1, 0.15) is 11.9 Å². The van der Waals surface area contributed by atoms with Gasteiger partial charge in [0.05, 0.1) is 22.0 Å². The Morgan fingerprint density at radius 3 is 2.36 bits per heavy atom. The topological polar surface area (TPSA) is 66.5 Å². The summed E-state index contributed by atoms with van der Waals surface area (Å²) in [4.78, 5) is 12.5. The van der Waals surface area contributed by atoms with Gasteiger partial charge in [-0.1, -0.05) is 35.3 Å². The van der Waals surface area contributed by atoms with Crippen molar-refractivity contribution in [2.45, 2.75) is 25.8 Å². The summed E-state index contributed by atoms with van der Waals surface area (Å²) in [6.07, 6.45) is 2.32. The summed E-state index contributed by atoms with van der Waals surface area (Å²) < 4.78 is 38.4. The average Bonchev–Trinajstić information content (AvgIpc) is 2.62. The van der Waals surface area contributed by atoms with E-state index >= 15 is 0 Å². The number of hydrogen-bond donors (Lipinski definition) is 1. The lowest BCUT2D eigenvalue weighted by Crippen LogP contribution is -2.48. The van der Waals surface area contributed by atoms with E-state index in [1.807, 2.05) is 0 Å². The first kappa shape index (κ1) is 22.5. The number of sulfonamides is 1. The van der Waals surface area contributed by atoms with E-state index in [1.54, 1.807) is 12.1 Å². The van der Waals surface area contributed by atoms with Crippen LogP contribution in [0.4, 0.5) is 10.1 Å². The molecule has 1 N–H and O–H groups in total. The molecule has 0 radical (unpaired) electrons. The second kappa shape index (κ2) is 9.58. The average molecular weight is 447 g/mol. The molecule has 0 fully saturated rings. The zero-order chi connectivity index (χ0) is 20.9. The standard InChI is InChI=1S/C19H21Cl2FN2O3S/c1-13(19(25)23-11-3-4-14-5-7-15(22)8-6-14)24(28(2,26)27)16-9-10-17(20)18(21)12-16/h5-10,12-13H,3-4,11H2,1-2H3,(H,23,25). The maximum Gasteiger partial charge on any atom is 0.243 e. The van der Waals surface area contributed by atoms with Crippen molar-refractivity contribution in [2.24, 2.45) is 0 Å². The highest BCUT2D eigenvalue weighted by Crippen LogP contribution is 2.29. The molecule has 9 heteroatoms. The highest BCUT2D eigenvalue weighted by molar-refractivity contribution is 7.92. The lowest BCUT2D eigenvalue weighted by molar-refractivity contribution is -0.121. The highest BCUT2D eigenvalue weighted by Gasteiger charge is 2.29. The largest absolute Gasteiger partial charge is 0.354 e. The molecule has 0 aromatic heterocycles. The van der Waals surface area contributed by atoms with Crippen LogP contribution in [0.5, 0.6) is 0 Å². The molecule has 2 aromatic carbocycles. The summed E-state index contributed by atoms with van der Waals surface area (Å²) in [5.41, 5.74) is 1.21. The Labute approximate surface area is 174 Å². The van der Waals surface area contributed by atoms with E-state index in [-0.39, 0.29) is 21.5 Å². The minimum atomic E-state index is -3.73. The minimum absolute atomic E-state index is 0.194. The molecule has 28 heavy (non-hydrogen) atoms. The number of rotatable bonds is 8. The monoisotopic (exact) mass is 446 g/mol. The molecule has 0 aliphatic heterocycles. The number of hydrogen-bond acceptors (Lipinski definition) is 3. The number of aryl methyl sites for hydroxylation is 1. The Kier molecular flexibility index (Phi) is 7.69. The lowest BCUT2D eigenvalue weighted by Gasteiger charge is -2.28. The summed E-state index contributed by atoms with van der Waals surface area (Å²) in [6.45, 7) is 1.86. The van der Waals surface area contributed by atoms with Crippen LogP contribution in [0.2, 0.25) is 10.0 Å². The smallest absolute Gasteiger partial charge is 0.243 e. The number of anilines is 1. The van der Waals surface area contributed by atoms with Crippen molar-refractivity contribution < 1.29 is 17.6 Å². The number of carbonyl (C=O) groups excluding carboxylic acids is 1. The molecule has 5 nitrogen and oxygen atoms in total. The fourth-order valence-electron chi connectivity index (χ4n) is 2.73. The van der Waals surface area contributed by atoms with E-state index in [9.17, 15) is 17.6 Å². The zero-order valence-corrected chi connectivity index (χ0v) is 17.8. The van der Waals surface area contributed by atoms with Gasteiger partial charge in [-0.05, 0) is 55.7 Å². The quantitative estimate of drug-likeness (QED) is 0.622. The Morgan fingerprint density at radius 1 is 1.14 bits per heavy atom. The molecule has 0 heterocycles.